The molecule has 2 rings (SSSR count). The average molecular weight is 234 g/mol. The second-order valence-corrected chi connectivity index (χ2v) is 4.94. The van der Waals surface area contributed by atoms with Crippen LogP contribution in [0.4, 0.5) is 0 Å². The maximum atomic E-state index is 5.64. The number of rotatable bonds is 5. The van der Waals surface area contributed by atoms with Crippen molar-refractivity contribution in [3.05, 3.63) is 36.0 Å². The Hall–Kier alpha value is -0.930. The van der Waals surface area contributed by atoms with Crippen LogP contribution < -0.4 is 5.73 Å². The molecule has 0 atom stereocenters. The van der Waals surface area contributed by atoms with Crippen LogP contribution in [0.25, 0.3) is 10.9 Å². The minimum atomic E-state index is 0.619. The molecule has 0 unspecified atom stereocenters. The van der Waals surface area contributed by atoms with E-state index in [2.05, 4.69) is 41.3 Å². The molecule has 0 bridgehead atoms. The smallest absolute Gasteiger partial charge is 0.0480 e. The van der Waals surface area contributed by atoms with Gasteiger partial charge >= 0.3 is 0 Å². The molecule has 86 valence electrons. The first-order chi connectivity index (χ1) is 7.85. The predicted octanol–water partition coefficient (Wildman–Crippen LogP) is 2.85. The summed E-state index contributed by atoms with van der Waals surface area (Å²) in [5, 5.41) is 1.30. The van der Waals surface area contributed by atoms with Crippen LogP contribution in [0, 0.1) is 0 Å². The second-order valence-electron chi connectivity index (χ2n) is 3.95. The molecule has 0 saturated heterocycles. The fourth-order valence-electron chi connectivity index (χ4n) is 1.95. The molecule has 2 nitrogen and oxygen atoms in total. The molecular weight excluding hydrogens is 216 g/mol. The molecule has 0 aliphatic rings. The number of nitrogens with zero attached hydrogens (tertiary/aromatic N) is 1. The third-order valence-corrected chi connectivity index (χ3v) is 3.52. The molecule has 0 saturated carbocycles. The van der Waals surface area contributed by atoms with Gasteiger partial charge in [0.25, 0.3) is 0 Å². The van der Waals surface area contributed by atoms with Crippen molar-refractivity contribution in [3.8, 4) is 0 Å². The van der Waals surface area contributed by atoms with E-state index in [9.17, 15) is 0 Å². The molecule has 2 aromatic rings. The van der Waals surface area contributed by atoms with Gasteiger partial charge in [-0.1, -0.05) is 6.07 Å². The lowest BCUT2D eigenvalue weighted by molar-refractivity contribution is 0.709. The topological polar surface area (TPSA) is 30.9 Å². The number of thioether (sulfide) groups is 1. The molecule has 0 radical (unpaired) electrons. The summed E-state index contributed by atoms with van der Waals surface area (Å²) in [5.41, 5.74) is 8.16. The van der Waals surface area contributed by atoms with E-state index in [1.54, 1.807) is 0 Å². The van der Waals surface area contributed by atoms with E-state index in [1.165, 1.54) is 28.6 Å². The first-order valence-corrected chi connectivity index (χ1v) is 7.01. The Labute approximate surface area is 101 Å². The fourth-order valence-corrected chi connectivity index (χ4v) is 2.37. The largest absolute Gasteiger partial charge is 0.347 e. The number of hydrogen-bond donors (Lipinski definition) is 1. The van der Waals surface area contributed by atoms with Gasteiger partial charge in [0.2, 0.25) is 0 Å². The molecule has 3 heteroatoms. The Morgan fingerprint density at radius 3 is 2.94 bits per heavy atom. The highest BCUT2D eigenvalue weighted by atomic mass is 32.2. The predicted molar refractivity (Wildman–Crippen MR) is 72.8 cm³/mol. The Morgan fingerprint density at radius 2 is 2.19 bits per heavy atom. The summed E-state index contributed by atoms with van der Waals surface area (Å²) in [4.78, 5) is 0. The highest BCUT2D eigenvalue weighted by molar-refractivity contribution is 7.98. The van der Waals surface area contributed by atoms with Crippen molar-refractivity contribution in [1.82, 2.24) is 4.57 Å². The number of fused-ring (bicyclic) bond motifs is 1. The van der Waals surface area contributed by atoms with Crippen molar-refractivity contribution >= 4 is 22.7 Å². The van der Waals surface area contributed by atoms with Gasteiger partial charge in [0.1, 0.15) is 0 Å². The van der Waals surface area contributed by atoms with E-state index < -0.39 is 0 Å². The quantitative estimate of drug-likeness (QED) is 0.806. The average Bonchev–Trinajstić information content (AvgIpc) is 2.72. The summed E-state index contributed by atoms with van der Waals surface area (Å²) in [6.07, 6.45) is 5.55. The molecule has 0 aliphatic heterocycles. The van der Waals surface area contributed by atoms with Gasteiger partial charge in [0, 0.05) is 24.8 Å². The van der Waals surface area contributed by atoms with Gasteiger partial charge < -0.3 is 10.3 Å². The maximum Gasteiger partial charge on any atom is 0.0480 e. The minimum absolute atomic E-state index is 0.619. The van der Waals surface area contributed by atoms with Crippen LogP contribution in [0.15, 0.2) is 30.5 Å². The standard InChI is InChI=1S/C13H18N2S/c1-16-8-2-6-15-7-5-12-9-11(10-14)3-4-13(12)15/h3-5,7,9H,2,6,8,10,14H2,1H3. The van der Waals surface area contributed by atoms with E-state index >= 15 is 0 Å². The third-order valence-electron chi connectivity index (χ3n) is 2.82. The van der Waals surface area contributed by atoms with Crippen LogP contribution in [0.1, 0.15) is 12.0 Å². The van der Waals surface area contributed by atoms with Gasteiger partial charge in [-0.3, -0.25) is 0 Å². The molecule has 0 aliphatic carbocycles. The highest BCUT2D eigenvalue weighted by Gasteiger charge is 2.01. The lowest BCUT2D eigenvalue weighted by atomic mass is 10.1. The first-order valence-electron chi connectivity index (χ1n) is 5.62. The van der Waals surface area contributed by atoms with Crippen LogP contribution >= 0.6 is 11.8 Å². The Morgan fingerprint density at radius 1 is 1.31 bits per heavy atom. The van der Waals surface area contributed by atoms with E-state index in [-0.39, 0.29) is 0 Å². The van der Waals surface area contributed by atoms with Crippen LogP contribution in [0.3, 0.4) is 0 Å². The van der Waals surface area contributed by atoms with Gasteiger partial charge in [0.15, 0.2) is 0 Å². The molecular formula is C13H18N2S. The fraction of sp³-hybridized carbons (Fsp3) is 0.385. The van der Waals surface area contributed by atoms with Crippen LogP contribution in [0.2, 0.25) is 0 Å². The van der Waals surface area contributed by atoms with Crippen molar-refractivity contribution in [2.75, 3.05) is 12.0 Å². The summed E-state index contributed by atoms with van der Waals surface area (Å²) in [5.74, 6) is 1.22. The third kappa shape index (κ3) is 2.42. The van der Waals surface area contributed by atoms with Gasteiger partial charge in [-0.2, -0.15) is 11.8 Å². The number of hydrogen-bond acceptors (Lipinski definition) is 2. The van der Waals surface area contributed by atoms with E-state index in [4.69, 9.17) is 5.73 Å². The highest BCUT2D eigenvalue weighted by Crippen LogP contribution is 2.18. The van der Waals surface area contributed by atoms with E-state index in [0.29, 0.717) is 6.54 Å². The van der Waals surface area contributed by atoms with E-state index in [1.807, 2.05) is 11.8 Å². The number of aromatic nitrogens is 1. The van der Waals surface area contributed by atoms with Crippen LogP contribution in [-0.4, -0.2) is 16.6 Å². The molecule has 0 amide bonds. The molecule has 1 heterocycles. The first kappa shape index (κ1) is 11.6. The van der Waals surface area contributed by atoms with E-state index in [0.717, 1.165) is 6.54 Å². The van der Waals surface area contributed by atoms with Crippen LogP contribution in [-0.2, 0) is 13.1 Å². The van der Waals surface area contributed by atoms with Gasteiger partial charge in [-0.15, -0.1) is 0 Å². The summed E-state index contributed by atoms with van der Waals surface area (Å²) < 4.78 is 2.33. The zero-order valence-corrected chi connectivity index (χ0v) is 10.5. The molecule has 16 heavy (non-hydrogen) atoms. The van der Waals surface area contributed by atoms with Crippen molar-refractivity contribution in [1.29, 1.82) is 0 Å². The monoisotopic (exact) mass is 234 g/mol. The lowest BCUT2D eigenvalue weighted by Crippen LogP contribution is -1.98. The SMILES string of the molecule is CSCCCn1ccc2cc(CN)ccc21. The molecule has 0 spiro atoms. The second kappa shape index (κ2) is 5.41. The van der Waals surface area contributed by atoms with Crippen molar-refractivity contribution in [2.45, 2.75) is 19.5 Å². The zero-order valence-electron chi connectivity index (χ0n) is 9.65. The normalized spacial score (nSPS) is 11.1. The molecule has 0 fully saturated rings. The number of aryl methyl sites for hydroxylation is 1. The Kier molecular flexibility index (Phi) is 3.91. The van der Waals surface area contributed by atoms with Crippen molar-refractivity contribution in [2.24, 2.45) is 5.73 Å². The molecule has 2 N–H and O–H groups in total. The van der Waals surface area contributed by atoms with Gasteiger partial charge in [0.05, 0.1) is 0 Å². The Bertz CT molecular complexity index is 462. The minimum Gasteiger partial charge on any atom is -0.347 e. The summed E-state index contributed by atoms with van der Waals surface area (Å²) in [6, 6.07) is 8.65. The maximum absolute atomic E-state index is 5.64. The molecule has 1 aromatic heterocycles. The Balaban J connectivity index is 2.20. The summed E-state index contributed by atoms with van der Waals surface area (Å²) >= 11 is 1.91. The summed E-state index contributed by atoms with van der Waals surface area (Å²) in [7, 11) is 0. The van der Waals surface area contributed by atoms with Gasteiger partial charge in [-0.25, -0.2) is 0 Å². The number of benzene rings is 1. The van der Waals surface area contributed by atoms with Crippen molar-refractivity contribution in [3.63, 3.8) is 0 Å². The summed E-state index contributed by atoms with van der Waals surface area (Å²) in [6.45, 7) is 1.72. The number of nitrogens with two attached hydrogens (primary N) is 1. The van der Waals surface area contributed by atoms with Gasteiger partial charge in [-0.05, 0) is 47.6 Å². The lowest BCUT2D eigenvalue weighted by Gasteiger charge is -2.05. The zero-order chi connectivity index (χ0) is 11.4. The molecule has 1 aromatic carbocycles. The van der Waals surface area contributed by atoms with Crippen LogP contribution in [0.5, 0.6) is 0 Å². The van der Waals surface area contributed by atoms with Crippen molar-refractivity contribution < 1.29 is 0 Å².